The molecule has 46 heavy (non-hydrogen) atoms. The normalized spacial score (nSPS) is 12.0. The first kappa shape index (κ1) is 45.0. The highest BCUT2D eigenvalue weighted by atomic mass is 35.5. The van der Waals surface area contributed by atoms with Crippen molar-refractivity contribution in [2.24, 2.45) is 5.73 Å². The summed E-state index contributed by atoms with van der Waals surface area (Å²) in [5.74, 6) is 0. The van der Waals surface area contributed by atoms with Gasteiger partial charge in [0.1, 0.15) is 0 Å². The molecule has 0 saturated carbocycles. The Balaban J connectivity index is 0.0000202. The smallest absolute Gasteiger partial charge is 0.0195 e. The maximum absolute atomic E-state index is 7.14. The quantitative estimate of drug-likeness (QED) is 0.0579. The second-order valence-electron chi connectivity index (χ2n) is 14.4. The largest absolute Gasteiger partial charge is 0.325 e. The molecule has 0 heterocycles. The lowest BCUT2D eigenvalue weighted by atomic mass is 9.82. The zero-order valence-corrected chi connectivity index (χ0v) is 31.9. The van der Waals surface area contributed by atoms with E-state index in [9.17, 15) is 0 Å². The number of nitrogens with two attached hydrogens (primary N) is 1. The van der Waals surface area contributed by atoms with Crippen LogP contribution in [0.3, 0.4) is 0 Å². The topological polar surface area (TPSA) is 26.0 Å². The summed E-state index contributed by atoms with van der Waals surface area (Å²) >= 11 is 0. The van der Waals surface area contributed by atoms with E-state index in [1.165, 1.54) is 198 Å². The monoisotopic (exact) mass is 658 g/mol. The van der Waals surface area contributed by atoms with Gasteiger partial charge in [0.25, 0.3) is 0 Å². The molecule has 268 valence electrons. The molecule has 1 aromatic carbocycles. The summed E-state index contributed by atoms with van der Waals surface area (Å²) in [6, 6.07) is 11.0. The van der Waals surface area contributed by atoms with Gasteiger partial charge in [-0.1, -0.05) is 197 Å². The Bertz CT molecular complexity index is 727. The molecular weight excluding hydrogens is 578 g/mol. The first-order valence-corrected chi connectivity index (χ1v) is 20.3. The van der Waals surface area contributed by atoms with Crippen LogP contribution in [0.1, 0.15) is 212 Å². The third-order valence-corrected chi connectivity index (χ3v) is 9.77. The molecule has 0 spiro atoms. The van der Waals surface area contributed by atoms with Crippen molar-refractivity contribution in [3.63, 3.8) is 0 Å². The molecule has 1 rings (SSSR count). The first-order chi connectivity index (χ1) is 22.2. The van der Waals surface area contributed by atoms with Crippen LogP contribution in [0.15, 0.2) is 54.6 Å². The zero-order chi connectivity index (χ0) is 32.4. The lowest BCUT2D eigenvalue weighted by Crippen LogP contribution is -2.42. The maximum Gasteiger partial charge on any atom is 0.0195 e. The van der Waals surface area contributed by atoms with Gasteiger partial charge in [-0.25, -0.2) is 0 Å². The lowest BCUT2D eigenvalue weighted by Gasteiger charge is -2.30. The van der Waals surface area contributed by atoms with Gasteiger partial charge in [0, 0.05) is 5.54 Å². The van der Waals surface area contributed by atoms with E-state index in [1.54, 1.807) is 0 Å². The van der Waals surface area contributed by atoms with E-state index >= 15 is 0 Å². The molecule has 0 bridgehead atoms. The third kappa shape index (κ3) is 30.3. The average molecular weight is 659 g/mol. The molecule has 0 radical (unpaired) electrons. The van der Waals surface area contributed by atoms with Crippen molar-refractivity contribution in [2.75, 3.05) is 0 Å². The van der Waals surface area contributed by atoms with Crippen LogP contribution in [0.5, 0.6) is 0 Å². The molecule has 1 aromatic rings. The summed E-state index contributed by atoms with van der Waals surface area (Å²) in [7, 11) is 0. The van der Waals surface area contributed by atoms with Crippen LogP contribution in [0.2, 0.25) is 0 Å². The molecule has 0 fully saturated rings. The van der Waals surface area contributed by atoms with Gasteiger partial charge in [0.15, 0.2) is 0 Å². The van der Waals surface area contributed by atoms with Crippen molar-refractivity contribution in [1.82, 2.24) is 0 Å². The first-order valence-electron chi connectivity index (χ1n) is 20.3. The van der Waals surface area contributed by atoms with Crippen LogP contribution in [-0.2, 0) is 6.42 Å². The second-order valence-corrected chi connectivity index (χ2v) is 14.4. The number of benzene rings is 1. The molecular formula is C44H80ClN. The van der Waals surface area contributed by atoms with Crippen LogP contribution >= 0.6 is 12.4 Å². The molecule has 2 N–H and O–H groups in total. The van der Waals surface area contributed by atoms with E-state index in [0.717, 1.165) is 6.42 Å². The summed E-state index contributed by atoms with van der Waals surface area (Å²) in [5.41, 5.74) is 8.51. The Labute approximate surface area is 295 Å². The highest BCUT2D eigenvalue weighted by Crippen LogP contribution is 2.25. The SMILES string of the molecule is CCCCCCCC/C=C\CCCCCCCCC(N)(CCCCCCCC/C=C\CCCCCCCC)Cc1ccccc1.Cl. The molecule has 0 saturated heterocycles. The van der Waals surface area contributed by atoms with Crippen LogP contribution < -0.4 is 5.73 Å². The van der Waals surface area contributed by atoms with Gasteiger partial charge < -0.3 is 5.73 Å². The van der Waals surface area contributed by atoms with E-state index in [4.69, 9.17) is 5.73 Å². The Morgan fingerprint density at radius 1 is 0.435 bits per heavy atom. The highest BCUT2D eigenvalue weighted by Gasteiger charge is 2.24. The van der Waals surface area contributed by atoms with Crippen LogP contribution in [0.25, 0.3) is 0 Å². The lowest BCUT2D eigenvalue weighted by molar-refractivity contribution is 0.332. The maximum atomic E-state index is 7.14. The van der Waals surface area contributed by atoms with E-state index in [1.807, 2.05) is 0 Å². The van der Waals surface area contributed by atoms with Gasteiger partial charge >= 0.3 is 0 Å². The van der Waals surface area contributed by atoms with Crippen molar-refractivity contribution in [3.05, 3.63) is 60.2 Å². The molecule has 0 aliphatic carbocycles. The van der Waals surface area contributed by atoms with Crippen molar-refractivity contribution >= 4 is 12.4 Å². The number of halogens is 1. The fourth-order valence-corrected chi connectivity index (χ4v) is 6.75. The minimum atomic E-state index is -0.0387. The summed E-state index contributed by atoms with van der Waals surface area (Å²) in [5, 5.41) is 0. The minimum Gasteiger partial charge on any atom is -0.325 e. The number of hydrogen-bond acceptors (Lipinski definition) is 1. The van der Waals surface area contributed by atoms with Gasteiger partial charge in [-0.2, -0.15) is 0 Å². The second kappa shape index (κ2) is 35.3. The minimum absolute atomic E-state index is 0. The van der Waals surface area contributed by atoms with E-state index in [0.29, 0.717) is 0 Å². The molecule has 0 aliphatic heterocycles. The Kier molecular flexibility index (Phi) is 34.5. The zero-order valence-electron chi connectivity index (χ0n) is 31.1. The molecule has 0 atom stereocenters. The van der Waals surface area contributed by atoms with E-state index in [2.05, 4.69) is 68.5 Å². The van der Waals surface area contributed by atoms with Gasteiger partial charge in [-0.15, -0.1) is 12.4 Å². The predicted molar refractivity (Wildman–Crippen MR) is 212 cm³/mol. The molecule has 0 aromatic heterocycles. The van der Waals surface area contributed by atoms with Crippen molar-refractivity contribution in [1.29, 1.82) is 0 Å². The predicted octanol–water partition coefficient (Wildman–Crippen LogP) is 15.2. The molecule has 0 unspecified atom stereocenters. The fraction of sp³-hybridized carbons (Fsp3) is 0.773. The molecule has 2 heteroatoms. The van der Waals surface area contributed by atoms with E-state index in [-0.39, 0.29) is 17.9 Å². The molecule has 1 nitrogen and oxygen atoms in total. The summed E-state index contributed by atoms with van der Waals surface area (Å²) in [6.07, 6.45) is 51.3. The van der Waals surface area contributed by atoms with E-state index < -0.39 is 0 Å². The number of unbranched alkanes of at least 4 members (excludes halogenated alkanes) is 24. The molecule has 0 aliphatic rings. The number of allylic oxidation sites excluding steroid dienone is 4. The molecule has 0 amide bonds. The fourth-order valence-electron chi connectivity index (χ4n) is 6.75. The van der Waals surface area contributed by atoms with Crippen LogP contribution in [-0.4, -0.2) is 5.54 Å². The Morgan fingerprint density at radius 3 is 1.09 bits per heavy atom. The Hall–Kier alpha value is -1.05. The standard InChI is InChI=1S/C44H79N.ClH/c1-3-5-7-9-11-13-15-17-19-21-23-25-27-29-31-36-40-44(45,42-43-38-34-33-35-39-43)41-37-32-30-28-26-24-22-20-18-16-14-12-10-8-6-4-2;/h17-20,33-35,38-39H,3-16,21-32,36-37,40-42,45H2,1-2H3;1H/b19-17-,20-18-;. The van der Waals surface area contributed by atoms with Crippen LogP contribution in [0.4, 0.5) is 0 Å². The van der Waals surface area contributed by atoms with Crippen molar-refractivity contribution in [2.45, 2.75) is 218 Å². The number of rotatable bonds is 34. The van der Waals surface area contributed by atoms with Gasteiger partial charge in [-0.3, -0.25) is 0 Å². The van der Waals surface area contributed by atoms with Crippen molar-refractivity contribution < 1.29 is 0 Å². The summed E-state index contributed by atoms with van der Waals surface area (Å²) < 4.78 is 0. The van der Waals surface area contributed by atoms with Gasteiger partial charge in [0.05, 0.1) is 0 Å². The Morgan fingerprint density at radius 2 is 0.739 bits per heavy atom. The van der Waals surface area contributed by atoms with Crippen molar-refractivity contribution in [3.8, 4) is 0 Å². The number of hydrogen-bond donors (Lipinski definition) is 1. The highest BCUT2D eigenvalue weighted by molar-refractivity contribution is 5.85. The third-order valence-electron chi connectivity index (χ3n) is 9.77. The van der Waals surface area contributed by atoms with Gasteiger partial charge in [-0.05, 0) is 76.2 Å². The van der Waals surface area contributed by atoms with Gasteiger partial charge in [0.2, 0.25) is 0 Å². The summed E-state index contributed by atoms with van der Waals surface area (Å²) in [6.45, 7) is 4.59. The summed E-state index contributed by atoms with van der Waals surface area (Å²) in [4.78, 5) is 0. The average Bonchev–Trinajstić information content (AvgIpc) is 3.05. The van der Waals surface area contributed by atoms with Crippen LogP contribution in [0, 0.1) is 0 Å².